The maximum atomic E-state index is 12.3. The Morgan fingerprint density at radius 2 is 1.58 bits per heavy atom. The van der Waals surface area contributed by atoms with Gasteiger partial charge in [-0.2, -0.15) is 13.2 Å². The van der Waals surface area contributed by atoms with E-state index in [4.69, 9.17) is 11.6 Å². The number of para-hydroxylation sites is 2. The van der Waals surface area contributed by atoms with Crippen LogP contribution in [-0.4, -0.2) is 18.0 Å². The van der Waals surface area contributed by atoms with E-state index in [0.29, 0.717) is 10.6 Å². The monoisotopic (exact) mass is 356 g/mol. The summed E-state index contributed by atoms with van der Waals surface area (Å²) in [5.74, 6) is -2.56. The highest BCUT2D eigenvalue weighted by Crippen LogP contribution is 2.24. The smallest absolute Gasteiger partial charge is 0.324 e. The molecular formula is C16H12ClF3N2O2. The summed E-state index contributed by atoms with van der Waals surface area (Å²) < 4.78 is 37.0. The minimum atomic E-state index is -5.02. The minimum absolute atomic E-state index is 0.0118. The van der Waals surface area contributed by atoms with Crippen LogP contribution in [0.1, 0.15) is 5.56 Å². The summed E-state index contributed by atoms with van der Waals surface area (Å²) in [6, 6.07) is 12.3. The highest BCUT2D eigenvalue weighted by Gasteiger charge is 2.39. The van der Waals surface area contributed by atoms with Crippen molar-refractivity contribution < 1.29 is 22.8 Å². The third-order valence-electron chi connectivity index (χ3n) is 2.96. The maximum absolute atomic E-state index is 12.3. The molecule has 126 valence electrons. The molecule has 0 heterocycles. The molecule has 2 aromatic carbocycles. The van der Waals surface area contributed by atoms with E-state index in [1.807, 2.05) is 0 Å². The van der Waals surface area contributed by atoms with Crippen LogP contribution < -0.4 is 10.6 Å². The van der Waals surface area contributed by atoms with Crippen LogP contribution in [0.15, 0.2) is 48.5 Å². The summed E-state index contributed by atoms with van der Waals surface area (Å²) in [5, 5.41) is 4.67. The zero-order valence-electron chi connectivity index (χ0n) is 12.2. The normalized spacial score (nSPS) is 11.0. The predicted octanol–water partition coefficient (Wildman–Crippen LogP) is 4.02. The molecule has 4 nitrogen and oxygen atoms in total. The summed E-state index contributed by atoms with van der Waals surface area (Å²) in [6.07, 6.45) is -5.03. The lowest BCUT2D eigenvalue weighted by Crippen LogP contribution is -2.30. The van der Waals surface area contributed by atoms with Gasteiger partial charge in [0.25, 0.3) is 0 Å². The van der Waals surface area contributed by atoms with Crippen molar-refractivity contribution in [2.24, 2.45) is 0 Å². The standard InChI is InChI=1S/C16H12ClF3N2O2/c17-11-5-3-4-10(8-11)9-14(23)21-12-6-1-2-7-13(12)22-15(24)16(18,19)20/h1-8H,9H2,(H,21,23)(H,22,24). The summed E-state index contributed by atoms with van der Waals surface area (Å²) in [5.41, 5.74) is 0.582. The van der Waals surface area contributed by atoms with Crippen LogP contribution in [0, 0.1) is 0 Å². The summed E-state index contributed by atoms with van der Waals surface area (Å²) in [6.45, 7) is 0. The van der Waals surface area contributed by atoms with Gasteiger partial charge in [0.1, 0.15) is 0 Å². The van der Waals surface area contributed by atoms with Crippen LogP contribution in [0.5, 0.6) is 0 Å². The second-order valence-corrected chi connectivity index (χ2v) is 5.29. The molecule has 0 spiro atoms. The van der Waals surface area contributed by atoms with Gasteiger partial charge in [0.05, 0.1) is 17.8 Å². The van der Waals surface area contributed by atoms with Gasteiger partial charge in [0.2, 0.25) is 5.91 Å². The van der Waals surface area contributed by atoms with E-state index >= 15 is 0 Å². The van der Waals surface area contributed by atoms with Crippen molar-refractivity contribution >= 4 is 34.8 Å². The molecule has 0 saturated carbocycles. The highest BCUT2D eigenvalue weighted by molar-refractivity contribution is 6.30. The molecule has 0 aromatic heterocycles. The number of carbonyl (C=O) groups is 2. The molecule has 0 atom stereocenters. The molecule has 0 fully saturated rings. The van der Waals surface area contributed by atoms with Gasteiger partial charge in [0, 0.05) is 5.02 Å². The van der Waals surface area contributed by atoms with Crippen molar-refractivity contribution in [2.45, 2.75) is 12.6 Å². The van der Waals surface area contributed by atoms with Crippen LogP contribution >= 0.6 is 11.6 Å². The second-order valence-electron chi connectivity index (χ2n) is 4.85. The first-order chi connectivity index (χ1) is 11.3. The molecule has 0 aliphatic rings. The number of hydrogen-bond donors (Lipinski definition) is 2. The van der Waals surface area contributed by atoms with E-state index in [2.05, 4.69) is 5.32 Å². The Kier molecular flexibility index (Phi) is 5.46. The van der Waals surface area contributed by atoms with Crippen LogP contribution in [0.2, 0.25) is 5.02 Å². The Labute approximate surface area is 140 Å². The van der Waals surface area contributed by atoms with Gasteiger partial charge >= 0.3 is 12.1 Å². The average Bonchev–Trinajstić information content (AvgIpc) is 2.48. The second kappa shape index (κ2) is 7.35. The van der Waals surface area contributed by atoms with Crippen molar-refractivity contribution in [1.82, 2.24) is 0 Å². The predicted molar refractivity (Wildman–Crippen MR) is 84.9 cm³/mol. The van der Waals surface area contributed by atoms with Crippen LogP contribution in [0.3, 0.4) is 0 Å². The van der Waals surface area contributed by atoms with Crippen molar-refractivity contribution in [3.8, 4) is 0 Å². The van der Waals surface area contributed by atoms with E-state index in [9.17, 15) is 22.8 Å². The number of carbonyl (C=O) groups excluding carboxylic acids is 2. The Morgan fingerprint density at radius 3 is 2.17 bits per heavy atom. The number of rotatable bonds is 4. The first-order valence-corrected chi connectivity index (χ1v) is 7.15. The molecule has 0 aliphatic carbocycles. The number of hydrogen-bond acceptors (Lipinski definition) is 2. The molecule has 2 amide bonds. The SMILES string of the molecule is O=C(Cc1cccc(Cl)c1)Nc1ccccc1NC(=O)C(F)(F)F. The molecule has 2 rings (SSSR count). The molecule has 0 unspecified atom stereocenters. The largest absolute Gasteiger partial charge is 0.471 e. The molecule has 0 saturated heterocycles. The van der Waals surface area contributed by atoms with Gasteiger partial charge in [-0.15, -0.1) is 0 Å². The van der Waals surface area contributed by atoms with Crippen molar-refractivity contribution in [2.75, 3.05) is 10.6 Å². The van der Waals surface area contributed by atoms with Gasteiger partial charge in [-0.3, -0.25) is 9.59 Å². The van der Waals surface area contributed by atoms with E-state index in [1.165, 1.54) is 24.3 Å². The molecule has 8 heteroatoms. The van der Waals surface area contributed by atoms with Crippen LogP contribution in [-0.2, 0) is 16.0 Å². The van der Waals surface area contributed by atoms with E-state index in [1.54, 1.807) is 29.6 Å². The Bertz CT molecular complexity index is 763. The summed E-state index contributed by atoms with van der Waals surface area (Å²) >= 11 is 5.83. The molecule has 2 aromatic rings. The number of nitrogens with one attached hydrogen (secondary N) is 2. The number of alkyl halides is 3. The Balaban J connectivity index is 2.09. The van der Waals surface area contributed by atoms with E-state index in [0.717, 1.165) is 0 Å². The molecule has 2 N–H and O–H groups in total. The fourth-order valence-corrected chi connectivity index (χ4v) is 2.13. The zero-order valence-corrected chi connectivity index (χ0v) is 12.9. The average molecular weight is 357 g/mol. The summed E-state index contributed by atoms with van der Waals surface area (Å²) in [4.78, 5) is 23.1. The quantitative estimate of drug-likeness (QED) is 0.869. The lowest BCUT2D eigenvalue weighted by atomic mass is 10.1. The number of amides is 2. The molecule has 0 radical (unpaired) electrons. The Morgan fingerprint density at radius 1 is 0.958 bits per heavy atom. The first kappa shape index (κ1) is 17.8. The third-order valence-corrected chi connectivity index (χ3v) is 3.20. The fourth-order valence-electron chi connectivity index (χ4n) is 1.92. The van der Waals surface area contributed by atoms with Crippen LogP contribution in [0.4, 0.5) is 24.5 Å². The number of anilines is 2. The summed E-state index contributed by atoms with van der Waals surface area (Å²) in [7, 11) is 0. The van der Waals surface area contributed by atoms with Crippen molar-refractivity contribution in [3.05, 3.63) is 59.1 Å². The van der Waals surface area contributed by atoms with Gasteiger partial charge in [-0.25, -0.2) is 0 Å². The first-order valence-electron chi connectivity index (χ1n) is 6.77. The molecule has 0 aliphatic heterocycles. The van der Waals surface area contributed by atoms with Gasteiger partial charge in [0.15, 0.2) is 0 Å². The van der Waals surface area contributed by atoms with Crippen molar-refractivity contribution in [1.29, 1.82) is 0 Å². The minimum Gasteiger partial charge on any atom is -0.324 e. The molecular weight excluding hydrogens is 345 g/mol. The number of halogens is 4. The van der Waals surface area contributed by atoms with Gasteiger partial charge in [-0.05, 0) is 29.8 Å². The third kappa shape index (κ3) is 4.99. The lowest BCUT2D eigenvalue weighted by Gasteiger charge is -2.13. The molecule has 24 heavy (non-hydrogen) atoms. The Hall–Kier alpha value is -2.54. The van der Waals surface area contributed by atoms with E-state index in [-0.39, 0.29) is 17.8 Å². The number of benzene rings is 2. The highest BCUT2D eigenvalue weighted by atomic mass is 35.5. The topological polar surface area (TPSA) is 58.2 Å². The zero-order chi connectivity index (χ0) is 17.7. The van der Waals surface area contributed by atoms with Crippen molar-refractivity contribution in [3.63, 3.8) is 0 Å². The van der Waals surface area contributed by atoms with Gasteiger partial charge in [-0.1, -0.05) is 35.9 Å². The molecule has 0 bridgehead atoms. The van der Waals surface area contributed by atoms with Gasteiger partial charge < -0.3 is 10.6 Å². The van der Waals surface area contributed by atoms with E-state index < -0.39 is 18.0 Å². The maximum Gasteiger partial charge on any atom is 0.471 e. The lowest BCUT2D eigenvalue weighted by molar-refractivity contribution is -0.167. The van der Waals surface area contributed by atoms with Crippen LogP contribution in [0.25, 0.3) is 0 Å². The fraction of sp³-hybridized carbons (Fsp3) is 0.125.